The highest BCUT2D eigenvalue weighted by Crippen LogP contribution is 2.27. The molecule has 78 valence electrons. The van der Waals surface area contributed by atoms with Crippen molar-refractivity contribution in [3.63, 3.8) is 0 Å². The number of hydrogen-bond donors (Lipinski definition) is 2. The quantitative estimate of drug-likeness (QED) is 0.663. The standard InChI is InChI=1S/C6H16NO3P3/c1-2-3-4(10-13-12)5(7-11)6(8)9/h4-5,7,13H,2-3,11-12H2,1H3,(H,8,9)/t4-,5?/m0/s1. The third-order valence-electron chi connectivity index (χ3n) is 1.61. The van der Waals surface area contributed by atoms with Crippen molar-refractivity contribution >= 4 is 32.8 Å². The van der Waals surface area contributed by atoms with Crippen LogP contribution in [-0.4, -0.2) is 23.2 Å². The van der Waals surface area contributed by atoms with E-state index in [2.05, 4.69) is 23.4 Å². The van der Waals surface area contributed by atoms with Gasteiger partial charge in [0.1, 0.15) is 6.04 Å². The van der Waals surface area contributed by atoms with Crippen molar-refractivity contribution in [2.75, 3.05) is 0 Å². The fraction of sp³-hybridized carbons (Fsp3) is 0.833. The van der Waals surface area contributed by atoms with Crippen LogP contribution in [0.1, 0.15) is 19.8 Å². The summed E-state index contributed by atoms with van der Waals surface area (Å²) in [5.41, 5.74) is 0. The molecule has 0 aliphatic carbocycles. The molecule has 0 heterocycles. The van der Waals surface area contributed by atoms with Crippen LogP contribution in [0.25, 0.3) is 0 Å². The Morgan fingerprint density at radius 1 is 1.77 bits per heavy atom. The molecule has 13 heavy (non-hydrogen) atoms. The van der Waals surface area contributed by atoms with E-state index in [1.807, 2.05) is 6.92 Å². The van der Waals surface area contributed by atoms with Crippen LogP contribution in [0.2, 0.25) is 0 Å². The molecule has 7 heteroatoms. The van der Waals surface area contributed by atoms with Gasteiger partial charge in [0.15, 0.2) is 0 Å². The van der Waals surface area contributed by atoms with E-state index in [0.717, 1.165) is 12.8 Å². The van der Waals surface area contributed by atoms with Crippen LogP contribution in [0.5, 0.6) is 0 Å². The lowest BCUT2D eigenvalue weighted by molar-refractivity contribution is -0.141. The summed E-state index contributed by atoms with van der Waals surface area (Å²) < 4.78 is 5.33. The van der Waals surface area contributed by atoms with E-state index in [0.29, 0.717) is 0 Å². The summed E-state index contributed by atoms with van der Waals surface area (Å²) in [4.78, 5) is 10.8. The van der Waals surface area contributed by atoms with Crippen LogP contribution < -0.4 is 5.09 Å². The summed E-state index contributed by atoms with van der Waals surface area (Å²) in [6.45, 7) is 2.00. The highest BCUT2D eigenvalue weighted by molar-refractivity contribution is 8.00. The first-order valence-electron chi connectivity index (χ1n) is 3.97. The highest BCUT2D eigenvalue weighted by Gasteiger charge is 2.26. The molecule has 0 radical (unpaired) electrons. The maximum atomic E-state index is 10.8. The van der Waals surface area contributed by atoms with Gasteiger partial charge in [-0.25, -0.2) is 0 Å². The van der Waals surface area contributed by atoms with E-state index in [1.54, 1.807) is 0 Å². The van der Waals surface area contributed by atoms with Gasteiger partial charge >= 0.3 is 5.97 Å². The number of carboxylic acid groups (broad SMARTS) is 1. The van der Waals surface area contributed by atoms with Gasteiger partial charge in [-0.15, -0.1) is 0 Å². The van der Waals surface area contributed by atoms with Crippen molar-refractivity contribution in [1.29, 1.82) is 0 Å². The van der Waals surface area contributed by atoms with E-state index in [4.69, 9.17) is 9.63 Å². The Morgan fingerprint density at radius 3 is 2.69 bits per heavy atom. The molecule has 5 atom stereocenters. The average Bonchev–Trinajstić information content (AvgIpc) is 2.05. The van der Waals surface area contributed by atoms with Crippen molar-refractivity contribution in [3.05, 3.63) is 0 Å². The van der Waals surface area contributed by atoms with Gasteiger partial charge in [0.05, 0.1) is 6.10 Å². The van der Waals surface area contributed by atoms with E-state index in [1.165, 1.54) is 0 Å². The zero-order chi connectivity index (χ0) is 10.3. The molecule has 0 aliphatic rings. The number of carboxylic acids is 1. The molecule has 0 aliphatic heterocycles. The van der Waals surface area contributed by atoms with Gasteiger partial charge in [-0.05, 0) is 6.42 Å². The number of rotatable bonds is 7. The molecule has 4 nitrogen and oxygen atoms in total. The van der Waals surface area contributed by atoms with Gasteiger partial charge in [-0.2, -0.15) is 0 Å². The van der Waals surface area contributed by atoms with Gasteiger partial charge in [0.2, 0.25) is 0 Å². The SMILES string of the molecule is CCC[C@H](OPP)C(NP)C(=O)O. The summed E-state index contributed by atoms with van der Waals surface area (Å²) in [7, 11) is 4.91. The predicted octanol–water partition coefficient (Wildman–Crippen LogP) is 1.39. The lowest BCUT2D eigenvalue weighted by atomic mass is 10.1. The van der Waals surface area contributed by atoms with Gasteiger partial charge in [0, 0.05) is 8.50 Å². The molecule has 0 rings (SSSR count). The first kappa shape index (κ1) is 13.7. The van der Waals surface area contributed by atoms with Gasteiger partial charge in [-0.3, -0.25) is 9.88 Å². The Hall–Kier alpha value is 0.680. The zero-order valence-electron chi connectivity index (χ0n) is 7.49. The van der Waals surface area contributed by atoms with E-state index >= 15 is 0 Å². The van der Waals surface area contributed by atoms with E-state index in [-0.39, 0.29) is 14.6 Å². The predicted molar refractivity (Wildman–Crippen MR) is 62.1 cm³/mol. The largest absolute Gasteiger partial charge is 0.480 e. The molecule has 0 aromatic carbocycles. The molecular formula is C6H16NO3P3. The van der Waals surface area contributed by atoms with Crippen LogP contribution in [0.4, 0.5) is 0 Å². The molecule has 0 amide bonds. The molecule has 0 spiro atoms. The Labute approximate surface area is 84.8 Å². The number of carbonyl (C=O) groups is 1. The summed E-state index contributed by atoms with van der Waals surface area (Å²) in [6, 6.07) is -0.641. The molecular weight excluding hydrogens is 227 g/mol. The maximum absolute atomic E-state index is 10.8. The third kappa shape index (κ3) is 5.20. The lowest BCUT2D eigenvalue weighted by Gasteiger charge is -2.22. The highest BCUT2D eigenvalue weighted by atomic mass is 32.0. The summed E-state index contributed by atoms with van der Waals surface area (Å²) in [5.74, 6) is -0.878. The molecule has 0 saturated carbocycles. The zero-order valence-corrected chi connectivity index (χ0v) is 10.8. The Kier molecular flexibility index (Phi) is 8.45. The maximum Gasteiger partial charge on any atom is 0.323 e. The molecule has 0 aromatic heterocycles. The topological polar surface area (TPSA) is 58.6 Å². The van der Waals surface area contributed by atoms with Crippen LogP contribution >= 0.6 is 26.8 Å². The Bertz CT molecular complexity index is 152. The number of aliphatic carboxylic acids is 1. The van der Waals surface area contributed by atoms with Gasteiger partial charge in [-0.1, -0.05) is 31.7 Å². The van der Waals surface area contributed by atoms with Gasteiger partial charge < -0.3 is 9.63 Å². The van der Waals surface area contributed by atoms with Crippen molar-refractivity contribution in [1.82, 2.24) is 5.09 Å². The molecule has 2 N–H and O–H groups in total. The van der Waals surface area contributed by atoms with Crippen LogP contribution in [0.3, 0.4) is 0 Å². The molecule has 0 aromatic rings. The van der Waals surface area contributed by atoms with Crippen LogP contribution in [0.15, 0.2) is 0 Å². The van der Waals surface area contributed by atoms with E-state index in [9.17, 15) is 4.79 Å². The molecule has 0 fully saturated rings. The van der Waals surface area contributed by atoms with Crippen molar-refractivity contribution in [2.24, 2.45) is 0 Å². The average molecular weight is 243 g/mol. The number of hydrogen-bond acceptors (Lipinski definition) is 3. The summed E-state index contributed by atoms with van der Waals surface area (Å²) in [5, 5.41) is 11.5. The molecule has 4 unspecified atom stereocenters. The minimum Gasteiger partial charge on any atom is -0.480 e. The van der Waals surface area contributed by atoms with E-state index < -0.39 is 12.0 Å². The van der Waals surface area contributed by atoms with Crippen LogP contribution in [0, 0.1) is 0 Å². The fourth-order valence-electron chi connectivity index (χ4n) is 1.00. The normalized spacial score (nSPS) is 16.2. The van der Waals surface area contributed by atoms with Crippen molar-refractivity contribution in [2.45, 2.75) is 31.9 Å². The summed E-state index contributed by atoms with van der Waals surface area (Å²) >= 11 is 0. The number of nitrogens with one attached hydrogen (secondary N) is 1. The smallest absolute Gasteiger partial charge is 0.323 e. The van der Waals surface area contributed by atoms with Crippen LogP contribution in [-0.2, 0) is 9.32 Å². The monoisotopic (exact) mass is 243 g/mol. The molecule has 0 bridgehead atoms. The lowest BCUT2D eigenvalue weighted by Crippen LogP contribution is -2.42. The summed E-state index contributed by atoms with van der Waals surface area (Å²) in [6.07, 6.45) is 1.41. The Balaban J connectivity index is 4.20. The second-order valence-corrected chi connectivity index (χ2v) is 4.06. The fourth-order valence-corrected chi connectivity index (χ4v) is 2.31. The minimum atomic E-state index is -0.878. The second-order valence-electron chi connectivity index (χ2n) is 2.55. The van der Waals surface area contributed by atoms with Gasteiger partial charge in [0.25, 0.3) is 0 Å². The van der Waals surface area contributed by atoms with Crippen molar-refractivity contribution < 1.29 is 14.4 Å². The Morgan fingerprint density at radius 2 is 2.38 bits per heavy atom. The third-order valence-corrected chi connectivity index (χ3v) is 2.82. The minimum absolute atomic E-state index is 0.241. The first-order valence-corrected chi connectivity index (χ1v) is 7.27. The molecule has 0 saturated heterocycles. The second kappa shape index (κ2) is 8.03. The first-order chi connectivity index (χ1) is 6.17. The van der Waals surface area contributed by atoms with Crippen molar-refractivity contribution in [3.8, 4) is 0 Å².